The molecule has 0 fully saturated rings. The fraction of sp³-hybridized carbons (Fsp3) is 0.294. The van der Waals surface area contributed by atoms with Crippen molar-refractivity contribution in [3.63, 3.8) is 0 Å². The molecule has 0 aliphatic carbocycles. The van der Waals surface area contributed by atoms with Crippen LogP contribution in [-0.2, 0) is 12.2 Å². The minimum Gasteiger partial charge on any atom is -0.329 e. The Morgan fingerprint density at radius 3 is 2.00 bits per heavy atom. The highest BCUT2D eigenvalue weighted by molar-refractivity contribution is 7.99. The molecule has 19 heavy (non-hydrogen) atoms. The summed E-state index contributed by atoms with van der Waals surface area (Å²) in [6.45, 7) is 0.754. The molecule has 2 rings (SSSR count). The Balaban J connectivity index is 1.77. The molecular weight excluding hydrogens is 250 g/mol. The van der Waals surface area contributed by atoms with E-state index in [0.29, 0.717) is 5.25 Å². The van der Waals surface area contributed by atoms with E-state index in [4.69, 9.17) is 5.73 Å². The quantitative estimate of drug-likeness (QED) is 0.827. The van der Waals surface area contributed by atoms with E-state index in [1.165, 1.54) is 11.1 Å². The second kappa shape index (κ2) is 8.03. The summed E-state index contributed by atoms with van der Waals surface area (Å²) < 4.78 is 0. The molecule has 0 saturated carbocycles. The first-order chi connectivity index (χ1) is 9.38. The molecule has 0 amide bonds. The molecule has 0 aromatic heterocycles. The van der Waals surface area contributed by atoms with Crippen LogP contribution < -0.4 is 5.73 Å². The Kier molecular flexibility index (Phi) is 5.99. The first-order valence-electron chi connectivity index (χ1n) is 6.78. The van der Waals surface area contributed by atoms with Crippen LogP contribution in [0.25, 0.3) is 0 Å². The van der Waals surface area contributed by atoms with Gasteiger partial charge in [-0.05, 0) is 24.0 Å². The molecule has 2 heteroatoms. The van der Waals surface area contributed by atoms with E-state index in [1.807, 2.05) is 11.8 Å². The monoisotopic (exact) mass is 271 g/mol. The van der Waals surface area contributed by atoms with Gasteiger partial charge >= 0.3 is 0 Å². The van der Waals surface area contributed by atoms with Crippen molar-refractivity contribution in [2.75, 3.05) is 6.54 Å². The summed E-state index contributed by atoms with van der Waals surface area (Å²) in [6, 6.07) is 21.3. The van der Waals surface area contributed by atoms with E-state index in [2.05, 4.69) is 60.7 Å². The molecule has 2 aromatic rings. The molecule has 0 aliphatic rings. The van der Waals surface area contributed by atoms with Crippen LogP contribution in [0.15, 0.2) is 60.7 Å². The van der Waals surface area contributed by atoms with E-state index in [-0.39, 0.29) is 0 Å². The smallest absolute Gasteiger partial charge is 0.0187 e. The van der Waals surface area contributed by atoms with Crippen molar-refractivity contribution in [3.8, 4) is 0 Å². The number of nitrogens with two attached hydrogens (primary N) is 1. The van der Waals surface area contributed by atoms with Crippen LogP contribution in [0.5, 0.6) is 0 Å². The molecule has 2 N–H and O–H groups in total. The fourth-order valence-electron chi connectivity index (χ4n) is 2.03. The maximum atomic E-state index is 5.88. The number of thioether (sulfide) groups is 1. The molecular formula is C17H21NS. The van der Waals surface area contributed by atoms with Crippen molar-refractivity contribution in [2.45, 2.75) is 23.8 Å². The van der Waals surface area contributed by atoms with Gasteiger partial charge in [-0.1, -0.05) is 60.7 Å². The Hall–Kier alpha value is -1.25. The highest BCUT2D eigenvalue weighted by atomic mass is 32.2. The highest BCUT2D eigenvalue weighted by Crippen LogP contribution is 2.21. The molecule has 0 heterocycles. The van der Waals surface area contributed by atoms with Crippen molar-refractivity contribution >= 4 is 11.8 Å². The zero-order valence-corrected chi connectivity index (χ0v) is 12.0. The third-order valence-corrected chi connectivity index (χ3v) is 4.59. The standard InChI is InChI=1S/C17H21NS/c18-13-17(12-11-15-7-3-1-4-8-15)19-14-16-9-5-2-6-10-16/h1-10,17H,11-14,18H2. The lowest BCUT2D eigenvalue weighted by atomic mass is 10.1. The Labute approximate surface area is 120 Å². The van der Waals surface area contributed by atoms with Gasteiger partial charge in [0, 0.05) is 17.5 Å². The summed E-state index contributed by atoms with van der Waals surface area (Å²) in [7, 11) is 0. The Morgan fingerprint density at radius 1 is 0.842 bits per heavy atom. The van der Waals surface area contributed by atoms with Crippen molar-refractivity contribution in [1.82, 2.24) is 0 Å². The maximum absolute atomic E-state index is 5.88. The molecule has 0 bridgehead atoms. The predicted molar refractivity (Wildman–Crippen MR) is 85.3 cm³/mol. The van der Waals surface area contributed by atoms with E-state index in [0.717, 1.165) is 25.1 Å². The van der Waals surface area contributed by atoms with Gasteiger partial charge in [0.1, 0.15) is 0 Å². The van der Waals surface area contributed by atoms with Crippen LogP contribution >= 0.6 is 11.8 Å². The number of aryl methyl sites for hydroxylation is 1. The van der Waals surface area contributed by atoms with Crippen LogP contribution in [-0.4, -0.2) is 11.8 Å². The van der Waals surface area contributed by atoms with Gasteiger partial charge in [-0.3, -0.25) is 0 Å². The fourth-order valence-corrected chi connectivity index (χ4v) is 3.07. The summed E-state index contributed by atoms with van der Waals surface area (Å²) in [5.41, 5.74) is 8.66. The molecule has 0 saturated heterocycles. The summed E-state index contributed by atoms with van der Waals surface area (Å²) in [5.74, 6) is 1.05. The Morgan fingerprint density at radius 2 is 1.42 bits per heavy atom. The van der Waals surface area contributed by atoms with E-state index in [1.54, 1.807) is 0 Å². The number of hydrogen-bond acceptors (Lipinski definition) is 2. The maximum Gasteiger partial charge on any atom is 0.0187 e. The highest BCUT2D eigenvalue weighted by Gasteiger charge is 2.07. The SMILES string of the molecule is NCC(CCc1ccccc1)SCc1ccccc1. The van der Waals surface area contributed by atoms with Crippen LogP contribution in [0.1, 0.15) is 17.5 Å². The summed E-state index contributed by atoms with van der Waals surface area (Å²) in [6.07, 6.45) is 2.27. The average molecular weight is 271 g/mol. The average Bonchev–Trinajstić information content (AvgIpc) is 2.49. The van der Waals surface area contributed by atoms with Crippen molar-refractivity contribution in [3.05, 3.63) is 71.8 Å². The normalized spacial score (nSPS) is 12.3. The molecule has 100 valence electrons. The zero-order chi connectivity index (χ0) is 13.3. The van der Waals surface area contributed by atoms with E-state index in [9.17, 15) is 0 Å². The molecule has 2 aromatic carbocycles. The minimum atomic E-state index is 0.542. The van der Waals surface area contributed by atoms with Gasteiger partial charge < -0.3 is 5.73 Å². The lowest BCUT2D eigenvalue weighted by Gasteiger charge is -2.14. The van der Waals surface area contributed by atoms with E-state index < -0.39 is 0 Å². The van der Waals surface area contributed by atoms with Crippen LogP contribution in [0.2, 0.25) is 0 Å². The summed E-state index contributed by atoms with van der Waals surface area (Å²) >= 11 is 1.97. The van der Waals surface area contributed by atoms with Crippen LogP contribution in [0.4, 0.5) is 0 Å². The first-order valence-corrected chi connectivity index (χ1v) is 7.83. The van der Waals surface area contributed by atoms with Crippen molar-refractivity contribution in [1.29, 1.82) is 0 Å². The number of hydrogen-bond donors (Lipinski definition) is 1. The van der Waals surface area contributed by atoms with Gasteiger partial charge in [-0.25, -0.2) is 0 Å². The largest absolute Gasteiger partial charge is 0.329 e. The number of benzene rings is 2. The lowest BCUT2D eigenvalue weighted by Crippen LogP contribution is -2.17. The third kappa shape index (κ3) is 5.09. The first kappa shape index (κ1) is 14.2. The zero-order valence-electron chi connectivity index (χ0n) is 11.2. The second-order valence-corrected chi connectivity index (χ2v) is 5.97. The molecule has 0 spiro atoms. The second-order valence-electron chi connectivity index (χ2n) is 4.68. The van der Waals surface area contributed by atoms with Crippen LogP contribution in [0.3, 0.4) is 0 Å². The van der Waals surface area contributed by atoms with Gasteiger partial charge in [-0.15, -0.1) is 0 Å². The molecule has 1 atom stereocenters. The number of rotatable bonds is 7. The van der Waals surface area contributed by atoms with Crippen molar-refractivity contribution < 1.29 is 0 Å². The van der Waals surface area contributed by atoms with Gasteiger partial charge in [0.2, 0.25) is 0 Å². The summed E-state index contributed by atoms with van der Waals surface area (Å²) in [4.78, 5) is 0. The molecule has 0 radical (unpaired) electrons. The van der Waals surface area contributed by atoms with Crippen LogP contribution in [0, 0.1) is 0 Å². The lowest BCUT2D eigenvalue weighted by molar-refractivity contribution is 0.762. The molecule has 1 nitrogen and oxygen atoms in total. The van der Waals surface area contributed by atoms with Gasteiger partial charge in [0.05, 0.1) is 0 Å². The van der Waals surface area contributed by atoms with E-state index >= 15 is 0 Å². The topological polar surface area (TPSA) is 26.0 Å². The third-order valence-electron chi connectivity index (χ3n) is 3.19. The minimum absolute atomic E-state index is 0.542. The summed E-state index contributed by atoms with van der Waals surface area (Å²) in [5, 5.41) is 0.542. The molecule has 1 unspecified atom stereocenters. The van der Waals surface area contributed by atoms with Gasteiger partial charge in [0.25, 0.3) is 0 Å². The Bertz CT molecular complexity index is 412. The van der Waals surface area contributed by atoms with Gasteiger partial charge in [-0.2, -0.15) is 11.8 Å². The molecule has 0 aliphatic heterocycles. The van der Waals surface area contributed by atoms with Gasteiger partial charge in [0.15, 0.2) is 0 Å². The van der Waals surface area contributed by atoms with Crippen molar-refractivity contribution in [2.24, 2.45) is 5.73 Å². The predicted octanol–water partition coefficient (Wildman–Crippen LogP) is 3.88.